The van der Waals surface area contributed by atoms with Crippen LogP contribution in [0.2, 0.25) is 0 Å². The van der Waals surface area contributed by atoms with Gasteiger partial charge in [-0.15, -0.1) is 0 Å². The van der Waals surface area contributed by atoms with Crippen molar-refractivity contribution in [1.29, 1.82) is 0 Å². The van der Waals surface area contributed by atoms with Crippen LogP contribution in [0.3, 0.4) is 0 Å². The second kappa shape index (κ2) is 10.8. The molecule has 1 aliphatic carbocycles. The van der Waals surface area contributed by atoms with Gasteiger partial charge >= 0.3 is 0 Å². The Morgan fingerprint density at radius 3 is 2.48 bits per heavy atom. The fourth-order valence-electron chi connectivity index (χ4n) is 5.95. The number of aromatic nitrogens is 1. The number of rotatable bonds is 7. The SMILES string of the molecule is CCN(CC)c1ccc(C=c2sc3n(c2=O)C(c2cccc(OC)c2OC)C2=C(N=3)c3ccccc3CC2)cc1. The van der Waals surface area contributed by atoms with E-state index in [1.54, 1.807) is 14.2 Å². The lowest BCUT2D eigenvalue weighted by molar-refractivity contribution is 0.348. The molecule has 204 valence electrons. The molecule has 0 radical (unpaired) electrons. The highest BCUT2D eigenvalue weighted by molar-refractivity contribution is 7.07. The number of hydrogen-bond donors (Lipinski definition) is 0. The standard InChI is InChI=1S/C33H33N3O3S/c1-5-35(6-2)23-17-14-21(15-18-23)20-28-32(37)36-30(26-12-9-13-27(38-3)31(26)39-4)25-19-16-22-10-7-8-11-24(22)29(25)34-33(36)40-28/h7-15,17-18,20,30H,5-6,16,19H2,1-4H3. The van der Waals surface area contributed by atoms with Gasteiger partial charge in [0, 0.05) is 29.9 Å². The maximum Gasteiger partial charge on any atom is 0.271 e. The Bertz CT molecular complexity index is 1780. The van der Waals surface area contributed by atoms with Crippen LogP contribution >= 0.6 is 11.3 Å². The first-order chi connectivity index (χ1) is 19.6. The van der Waals surface area contributed by atoms with Gasteiger partial charge in [-0.05, 0) is 67.7 Å². The number of aryl methyl sites for hydroxylation is 1. The van der Waals surface area contributed by atoms with Gasteiger partial charge in [-0.1, -0.05) is 59.9 Å². The molecule has 1 atom stereocenters. The Balaban J connectivity index is 1.56. The van der Waals surface area contributed by atoms with Crippen LogP contribution in [0.5, 0.6) is 11.5 Å². The van der Waals surface area contributed by atoms with Crippen molar-refractivity contribution in [3.05, 3.63) is 114 Å². The van der Waals surface area contributed by atoms with Crippen LogP contribution in [0.15, 0.2) is 82.1 Å². The Labute approximate surface area is 238 Å². The van der Waals surface area contributed by atoms with E-state index in [1.807, 2.05) is 28.8 Å². The zero-order valence-corrected chi connectivity index (χ0v) is 24.1. The molecule has 40 heavy (non-hydrogen) atoms. The van der Waals surface area contributed by atoms with Crippen LogP contribution in [-0.2, 0) is 6.42 Å². The average molecular weight is 552 g/mol. The molecule has 1 aliphatic heterocycles. The van der Waals surface area contributed by atoms with E-state index in [4.69, 9.17) is 14.5 Å². The average Bonchev–Trinajstić information content (AvgIpc) is 3.31. The first-order valence-corrected chi connectivity index (χ1v) is 14.6. The molecular formula is C33H33N3O3S. The second-order valence-electron chi connectivity index (χ2n) is 9.96. The summed E-state index contributed by atoms with van der Waals surface area (Å²) in [4.78, 5) is 22.3. The lowest BCUT2D eigenvalue weighted by Gasteiger charge is -2.31. The van der Waals surface area contributed by atoms with Gasteiger partial charge in [-0.3, -0.25) is 9.36 Å². The highest BCUT2D eigenvalue weighted by Gasteiger charge is 2.34. The molecule has 2 heterocycles. The van der Waals surface area contributed by atoms with Crippen molar-refractivity contribution >= 4 is 28.8 Å². The third kappa shape index (κ3) is 4.34. The number of methoxy groups -OCH3 is 2. The van der Waals surface area contributed by atoms with E-state index in [2.05, 4.69) is 67.3 Å². The third-order valence-electron chi connectivity index (χ3n) is 7.92. The van der Waals surface area contributed by atoms with E-state index in [-0.39, 0.29) is 11.6 Å². The number of para-hydroxylation sites is 1. The molecule has 0 N–H and O–H groups in total. The summed E-state index contributed by atoms with van der Waals surface area (Å²) in [5, 5.41) is 0. The van der Waals surface area contributed by atoms with Crippen LogP contribution in [0.4, 0.5) is 5.69 Å². The van der Waals surface area contributed by atoms with Crippen LogP contribution in [0, 0.1) is 0 Å². The minimum absolute atomic E-state index is 0.0446. The number of thiazole rings is 1. The molecule has 0 saturated carbocycles. The fraction of sp³-hybridized carbons (Fsp3) is 0.273. The largest absolute Gasteiger partial charge is 0.493 e. The van der Waals surface area contributed by atoms with Crippen molar-refractivity contribution in [2.45, 2.75) is 32.7 Å². The van der Waals surface area contributed by atoms with E-state index >= 15 is 0 Å². The topological polar surface area (TPSA) is 56.1 Å². The molecule has 4 aromatic rings. The first-order valence-electron chi connectivity index (χ1n) is 13.8. The molecule has 6 nitrogen and oxygen atoms in total. The van der Waals surface area contributed by atoms with E-state index in [0.717, 1.165) is 53.9 Å². The molecule has 2 aliphatic rings. The molecule has 1 aromatic heterocycles. The molecule has 1 unspecified atom stereocenters. The van der Waals surface area contributed by atoms with Crippen molar-refractivity contribution in [3.8, 4) is 11.5 Å². The van der Waals surface area contributed by atoms with Gasteiger partial charge in [0.25, 0.3) is 5.56 Å². The Kier molecular flexibility index (Phi) is 7.07. The maximum atomic E-state index is 14.1. The lowest BCUT2D eigenvalue weighted by Crippen LogP contribution is -2.39. The summed E-state index contributed by atoms with van der Waals surface area (Å²) in [5.74, 6) is 1.29. The minimum Gasteiger partial charge on any atom is -0.493 e. The summed E-state index contributed by atoms with van der Waals surface area (Å²) in [6, 6.07) is 22.4. The molecule has 0 bridgehead atoms. The minimum atomic E-state index is -0.336. The second-order valence-corrected chi connectivity index (χ2v) is 11.0. The Morgan fingerprint density at radius 1 is 0.975 bits per heavy atom. The summed E-state index contributed by atoms with van der Waals surface area (Å²) in [7, 11) is 3.29. The maximum absolute atomic E-state index is 14.1. The normalized spacial score (nSPS) is 16.1. The van der Waals surface area contributed by atoms with E-state index < -0.39 is 0 Å². The number of anilines is 1. The smallest absolute Gasteiger partial charge is 0.271 e. The van der Waals surface area contributed by atoms with Gasteiger partial charge in [0.15, 0.2) is 16.3 Å². The van der Waals surface area contributed by atoms with Gasteiger partial charge in [0.2, 0.25) is 0 Å². The van der Waals surface area contributed by atoms with Crippen molar-refractivity contribution < 1.29 is 9.47 Å². The predicted octanol–water partition coefficient (Wildman–Crippen LogP) is 5.18. The number of ether oxygens (including phenoxy) is 2. The molecule has 0 saturated heterocycles. The van der Waals surface area contributed by atoms with Crippen LogP contribution in [0.1, 0.15) is 48.6 Å². The van der Waals surface area contributed by atoms with Crippen molar-refractivity contribution in [1.82, 2.24) is 4.57 Å². The van der Waals surface area contributed by atoms with Gasteiger partial charge in [-0.25, -0.2) is 4.99 Å². The summed E-state index contributed by atoms with van der Waals surface area (Å²) in [6.07, 6.45) is 3.69. The number of benzene rings is 3. The van der Waals surface area contributed by atoms with Crippen molar-refractivity contribution in [3.63, 3.8) is 0 Å². The van der Waals surface area contributed by atoms with Crippen molar-refractivity contribution in [2.24, 2.45) is 4.99 Å². The van der Waals surface area contributed by atoms with E-state index in [1.165, 1.54) is 22.6 Å². The predicted molar refractivity (Wildman–Crippen MR) is 162 cm³/mol. The molecule has 0 amide bonds. The van der Waals surface area contributed by atoms with Gasteiger partial charge in [-0.2, -0.15) is 0 Å². The molecule has 0 fully saturated rings. The lowest BCUT2D eigenvalue weighted by atomic mass is 9.83. The Hall–Kier alpha value is -4.10. The van der Waals surface area contributed by atoms with Crippen LogP contribution in [-0.4, -0.2) is 31.9 Å². The number of allylic oxidation sites excluding steroid dienone is 1. The van der Waals surface area contributed by atoms with Crippen LogP contribution in [0.25, 0.3) is 11.8 Å². The first kappa shape index (κ1) is 26.1. The zero-order chi connectivity index (χ0) is 27.8. The van der Waals surface area contributed by atoms with Gasteiger partial charge < -0.3 is 14.4 Å². The van der Waals surface area contributed by atoms with Crippen molar-refractivity contribution in [2.75, 3.05) is 32.2 Å². The summed E-state index contributed by atoms with van der Waals surface area (Å²) < 4.78 is 14.0. The Morgan fingerprint density at radius 2 is 1.75 bits per heavy atom. The summed E-state index contributed by atoms with van der Waals surface area (Å²) in [6.45, 7) is 6.22. The summed E-state index contributed by atoms with van der Waals surface area (Å²) in [5.41, 5.74) is 7.55. The zero-order valence-electron chi connectivity index (χ0n) is 23.3. The van der Waals surface area contributed by atoms with E-state index in [9.17, 15) is 4.79 Å². The third-order valence-corrected chi connectivity index (χ3v) is 8.90. The highest BCUT2D eigenvalue weighted by atomic mass is 32.1. The molecular weight excluding hydrogens is 518 g/mol. The number of hydrogen-bond acceptors (Lipinski definition) is 6. The molecule has 0 spiro atoms. The number of nitrogens with zero attached hydrogens (tertiary/aromatic N) is 3. The van der Waals surface area contributed by atoms with Crippen LogP contribution < -0.4 is 29.3 Å². The molecule has 3 aromatic carbocycles. The monoisotopic (exact) mass is 551 g/mol. The van der Waals surface area contributed by atoms with Gasteiger partial charge in [0.05, 0.1) is 30.5 Å². The highest BCUT2D eigenvalue weighted by Crippen LogP contribution is 2.45. The van der Waals surface area contributed by atoms with Gasteiger partial charge in [0.1, 0.15) is 0 Å². The summed E-state index contributed by atoms with van der Waals surface area (Å²) >= 11 is 1.44. The fourth-order valence-corrected chi connectivity index (χ4v) is 6.95. The quantitative estimate of drug-likeness (QED) is 0.318. The number of fused-ring (bicyclic) bond motifs is 3. The molecule has 6 rings (SSSR count). The van der Waals surface area contributed by atoms with E-state index in [0.29, 0.717) is 20.8 Å². The molecule has 7 heteroatoms.